The van der Waals surface area contributed by atoms with E-state index in [9.17, 15) is 4.79 Å². The molecule has 3 rings (SSSR count). The van der Waals surface area contributed by atoms with Crippen molar-refractivity contribution < 1.29 is 9.32 Å². The fraction of sp³-hybridized carbons (Fsp3) is 0.286. The van der Waals surface area contributed by atoms with Crippen LogP contribution in [0.3, 0.4) is 0 Å². The number of aryl methyl sites for hydroxylation is 2. The van der Waals surface area contributed by atoms with Crippen molar-refractivity contribution >= 4 is 5.91 Å². The highest BCUT2D eigenvalue weighted by atomic mass is 16.5. The predicted molar refractivity (Wildman–Crippen MR) is 101 cm³/mol. The van der Waals surface area contributed by atoms with Crippen LogP contribution < -0.4 is 0 Å². The number of rotatable bonds is 5. The van der Waals surface area contributed by atoms with Crippen molar-refractivity contribution in [2.45, 2.75) is 40.3 Å². The smallest absolute Gasteiger partial charge is 0.254 e. The molecule has 0 aliphatic carbocycles. The van der Waals surface area contributed by atoms with Gasteiger partial charge in [0.15, 0.2) is 0 Å². The summed E-state index contributed by atoms with van der Waals surface area (Å²) in [5, 5.41) is 4.04. The first-order valence-electron chi connectivity index (χ1n) is 8.72. The third kappa shape index (κ3) is 3.82. The lowest BCUT2D eigenvalue weighted by Gasteiger charge is -2.26. The Morgan fingerprint density at radius 1 is 1.12 bits per heavy atom. The molecule has 0 saturated carbocycles. The van der Waals surface area contributed by atoms with Crippen LogP contribution in [0.15, 0.2) is 53.1 Å². The Kier molecular flexibility index (Phi) is 5.16. The van der Waals surface area contributed by atoms with Gasteiger partial charge in [0.1, 0.15) is 6.54 Å². The van der Waals surface area contributed by atoms with Crippen LogP contribution in [0.25, 0.3) is 11.4 Å². The predicted octanol–water partition coefficient (Wildman–Crippen LogP) is 4.40. The second-order valence-electron chi connectivity index (χ2n) is 6.72. The fourth-order valence-electron chi connectivity index (χ4n) is 2.78. The molecule has 0 saturated heterocycles. The van der Waals surface area contributed by atoms with Gasteiger partial charge >= 0.3 is 0 Å². The molecule has 0 N–H and O–H groups in total. The fourth-order valence-corrected chi connectivity index (χ4v) is 2.78. The SMILES string of the molecule is Cc1ccc(C)c(C(=O)N(Cc2nc(-c3ccccc3)no2)C(C)C)c1. The third-order valence-corrected chi connectivity index (χ3v) is 4.31. The topological polar surface area (TPSA) is 59.2 Å². The molecule has 0 aliphatic heterocycles. The molecule has 0 fully saturated rings. The molecule has 0 unspecified atom stereocenters. The molecule has 134 valence electrons. The lowest BCUT2D eigenvalue weighted by atomic mass is 10.0. The first-order chi connectivity index (χ1) is 12.5. The highest BCUT2D eigenvalue weighted by Crippen LogP contribution is 2.19. The standard InChI is InChI=1S/C21H23N3O2/c1-14(2)24(21(25)18-12-15(3)10-11-16(18)4)13-19-22-20(23-26-19)17-8-6-5-7-9-17/h5-12,14H,13H2,1-4H3. The van der Waals surface area contributed by atoms with Crippen LogP contribution in [0.2, 0.25) is 0 Å². The molecular formula is C21H23N3O2. The average molecular weight is 349 g/mol. The van der Waals surface area contributed by atoms with Crippen molar-refractivity contribution in [1.82, 2.24) is 15.0 Å². The van der Waals surface area contributed by atoms with Crippen molar-refractivity contribution in [2.24, 2.45) is 0 Å². The van der Waals surface area contributed by atoms with Gasteiger partial charge in [-0.05, 0) is 39.3 Å². The van der Waals surface area contributed by atoms with E-state index in [1.807, 2.05) is 76.2 Å². The highest BCUT2D eigenvalue weighted by molar-refractivity contribution is 5.96. The summed E-state index contributed by atoms with van der Waals surface area (Å²) in [4.78, 5) is 19.3. The van der Waals surface area contributed by atoms with Gasteiger partial charge in [-0.2, -0.15) is 4.98 Å². The van der Waals surface area contributed by atoms with Crippen LogP contribution in [0, 0.1) is 13.8 Å². The van der Waals surface area contributed by atoms with E-state index in [-0.39, 0.29) is 18.5 Å². The van der Waals surface area contributed by atoms with E-state index >= 15 is 0 Å². The van der Waals surface area contributed by atoms with Crippen LogP contribution in [0.5, 0.6) is 0 Å². The van der Waals surface area contributed by atoms with Gasteiger partial charge in [0.2, 0.25) is 11.7 Å². The summed E-state index contributed by atoms with van der Waals surface area (Å²) >= 11 is 0. The van der Waals surface area contributed by atoms with Crippen LogP contribution >= 0.6 is 0 Å². The number of benzene rings is 2. The van der Waals surface area contributed by atoms with Crippen LogP contribution in [-0.4, -0.2) is 27.0 Å². The lowest BCUT2D eigenvalue weighted by Crippen LogP contribution is -2.37. The Hall–Kier alpha value is -2.95. The minimum absolute atomic E-state index is 0.00878. The zero-order chi connectivity index (χ0) is 18.7. The minimum Gasteiger partial charge on any atom is -0.337 e. The van der Waals surface area contributed by atoms with Crippen molar-refractivity contribution in [3.05, 3.63) is 71.1 Å². The summed E-state index contributed by atoms with van der Waals surface area (Å²) in [5.74, 6) is 0.931. The Bertz CT molecular complexity index is 901. The maximum atomic E-state index is 13.1. The molecule has 3 aromatic rings. The summed E-state index contributed by atoms with van der Waals surface area (Å²) in [6.07, 6.45) is 0. The number of hydrogen-bond acceptors (Lipinski definition) is 4. The number of amides is 1. The molecule has 1 aromatic heterocycles. The molecule has 1 amide bonds. The van der Waals surface area contributed by atoms with Crippen molar-refractivity contribution in [3.8, 4) is 11.4 Å². The summed E-state index contributed by atoms with van der Waals surface area (Å²) < 4.78 is 5.38. The molecule has 2 aromatic carbocycles. The van der Waals surface area contributed by atoms with E-state index in [1.165, 1.54) is 0 Å². The molecular weight excluding hydrogens is 326 g/mol. The van der Waals surface area contributed by atoms with Gasteiger partial charge in [0, 0.05) is 17.2 Å². The van der Waals surface area contributed by atoms with Crippen molar-refractivity contribution in [1.29, 1.82) is 0 Å². The largest absolute Gasteiger partial charge is 0.337 e. The summed E-state index contributed by atoms with van der Waals surface area (Å²) in [5.41, 5.74) is 3.62. The molecule has 0 aliphatic rings. The second kappa shape index (κ2) is 7.52. The van der Waals surface area contributed by atoms with Gasteiger partial charge in [0.05, 0.1) is 0 Å². The number of carbonyl (C=O) groups is 1. The van der Waals surface area contributed by atoms with Crippen molar-refractivity contribution in [2.75, 3.05) is 0 Å². The summed E-state index contributed by atoms with van der Waals surface area (Å²) in [7, 11) is 0. The molecule has 0 bridgehead atoms. The Labute approximate surface area is 153 Å². The summed E-state index contributed by atoms with van der Waals surface area (Å²) in [6.45, 7) is 8.18. The molecule has 26 heavy (non-hydrogen) atoms. The van der Waals surface area contributed by atoms with Crippen LogP contribution in [-0.2, 0) is 6.54 Å². The average Bonchev–Trinajstić information content (AvgIpc) is 3.10. The first-order valence-corrected chi connectivity index (χ1v) is 8.72. The van der Waals surface area contributed by atoms with Gasteiger partial charge in [-0.15, -0.1) is 0 Å². The third-order valence-electron chi connectivity index (χ3n) is 4.31. The van der Waals surface area contributed by atoms with Crippen LogP contribution in [0.1, 0.15) is 41.2 Å². The number of nitrogens with zero attached hydrogens (tertiary/aromatic N) is 3. The highest BCUT2D eigenvalue weighted by Gasteiger charge is 2.23. The molecule has 1 heterocycles. The normalized spacial score (nSPS) is 11.0. The molecule has 0 radical (unpaired) electrons. The van der Waals surface area contributed by atoms with E-state index in [4.69, 9.17) is 4.52 Å². The van der Waals surface area contributed by atoms with Gasteiger partial charge in [-0.3, -0.25) is 4.79 Å². The lowest BCUT2D eigenvalue weighted by molar-refractivity contribution is 0.0666. The molecule has 5 heteroatoms. The van der Waals surface area contributed by atoms with Gasteiger partial charge < -0.3 is 9.42 Å². The minimum atomic E-state index is -0.0272. The Morgan fingerprint density at radius 3 is 2.54 bits per heavy atom. The van der Waals surface area contributed by atoms with E-state index in [1.54, 1.807) is 4.90 Å². The maximum Gasteiger partial charge on any atom is 0.254 e. The van der Waals surface area contributed by atoms with E-state index < -0.39 is 0 Å². The van der Waals surface area contributed by atoms with Gasteiger partial charge in [-0.1, -0.05) is 53.2 Å². The Balaban J connectivity index is 1.84. The Morgan fingerprint density at radius 2 is 1.85 bits per heavy atom. The molecule has 0 atom stereocenters. The number of carbonyl (C=O) groups excluding carboxylic acids is 1. The second-order valence-corrected chi connectivity index (χ2v) is 6.72. The molecule has 5 nitrogen and oxygen atoms in total. The van der Waals surface area contributed by atoms with E-state index in [2.05, 4.69) is 10.1 Å². The quantitative estimate of drug-likeness (QED) is 0.685. The van der Waals surface area contributed by atoms with E-state index in [0.717, 1.165) is 16.7 Å². The number of hydrogen-bond donors (Lipinski definition) is 0. The zero-order valence-electron chi connectivity index (χ0n) is 15.6. The monoisotopic (exact) mass is 349 g/mol. The zero-order valence-corrected chi connectivity index (χ0v) is 15.6. The first kappa shape index (κ1) is 17.9. The van der Waals surface area contributed by atoms with E-state index in [0.29, 0.717) is 17.3 Å². The van der Waals surface area contributed by atoms with Gasteiger partial charge in [0.25, 0.3) is 5.91 Å². The van der Waals surface area contributed by atoms with Crippen LogP contribution in [0.4, 0.5) is 0 Å². The van der Waals surface area contributed by atoms with Crippen molar-refractivity contribution in [3.63, 3.8) is 0 Å². The summed E-state index contributed by atoms with van der Waals surface area (Å²) in [6, 6.07) is 15.6. The van der Waals surface area contributed by atoms with Gasteiger partial charge in [-0.25, -0.2) is 0 Å². The number of aromatic nitrogens is 2. The molecule has 0 spiro atoms. The maximum absolute atomic E-state index is 13.1.